The van der Waals surface area contributed by atoms with Crippen molar-refractivity contribution in [1.29, 1.82) is 0 Å². The Hall–Kier alpha value is -2.73. The third-order valence-corrected chi connectivity index (χ3v) is 5.19. The van der Waals surface area contributed by atoms with Crippen molar-refractivity contribution in [3.63, 3.8) is 0 Å². The Labute approximate surface area is 159 Å². The molecule has 1 aliphatic heterocycles. The molecule has 0 bridgehead atoms. The lowest BCUT2D eigenvalue weighted by atomic mass is 10.0. The van der Waals surface area contributed by atoms with Crippen LogP contribution in [0.1, 0.15) is 29.7 Å². The van der Waals surface area contributed by atoms with E-state index in [0.717, 1.165) is 49.1 Å². The van der Waals surface area contributed by atoms with Gasteiger partial charge in [-0.2, -0.15) is 9.97 Å². The largest absolute Gasteiger partial charge is 0.383 e. The standard InChI is InChI=1S/C21H26N6/c1-14-12-15(2)23-20-18(14)19(22)25-21(26-20)24-17-8-10-27(11-9-17)13-16-6-4-3-5-7-16/h3-7,12,17H,8-11,13H2,1-2H3,(H3,22,23,24,25,26). The third-order valence-electron chi connectivity index (χ3n) is 5.19. The maximum atomic E-state index is 6.18. The fourth-order valence-electron chi connectivity index (χ4n) is 3.83. The highest BCUT2D eigenvalue weighted by Crippen LogP contribution is 2.24. The van der Waals surface area contributed by atoms with Crippen molar-refractivity contribution in [1.82, 2.24) is 19.9 Å². The first-order valence-corrected chi connectivity index (χ1v) is 9.53. The van der Waals surface area contributed by atoms with Crippen molar-refractivity contribution < 1.29 is 0 Å². The van der Waals surface area contributed by atoms with E-state index >= 15 is 0 Å². The molecule has 0 aliphatic carbocycles. The number of nitrogens with two attached hydrogens (primary N) is 1. The van der Waals surface area contributed by atoms with E-state index in [4.69, 9.17) is 5.73 Å². The Morgan fingerprint density at radius 1 is 1.07 bits per heavy atom. The molecule has 1 fully saturated rings. The lowest BCUT2D eigenvalue weighted by Gasteiger charge is -2.32. The number of aryl methyl sites for hydroxylation is 2. The van der Waals surface area contributed by atoms with Gasteiger partial charge in [-0.05, 0) is 43.9 Å². The van der Waals surface area contributed by atoms with Crippen LogP contribution in [0, 0.1) is 13.8 Å². The zero-order valence-electron chi connectivity index (χ0n) is 15.9. The van der Waals surface area contributed by atoms with Gasteiger partial charge in [-0.15, -0.1) is 0 Å². The van der Waals surface area contributed by atoms with Gasteiger partial charge in [-0.25, -0.2) is 4.98 Å². The van der Waals surface area contributed by atoms with Crippen LogP contribution in [0.5, 0.6) is 0 Å². The molecule has 1 aliphatic rings. The summed E-state index contributed by atoms with van der Waals surface area (Å²) in [6.45, 7) is 7.13. The van der Waals surface area contributed by atoms with E-state index in [1.807, 2.05) is 19.9 Å². The van der Waals surface area contributed by atoms with Crippen molar-refractivity contribution in [3.05, 3.63) is 53.2 Å². The van der Waals surface area contributed by atoms with Gasteiger partial charge < -0.3 is 11.1 Å². The molecule has 4 rings (SSSR count). The molecule has 3 N–H and O–H groups in total. The molecule has 140 valence electrons. The maximum absolute atomic E-state index is 6.18. The van der Waals surface area contributed by atoms with Crippen molar-refractivity contribution in [2.24, 2.45) is 0 Å². The summed E-state index contributed by atoms with van der Waals surface area (Å²) in [6, 6.07) is 13.0. The molecular weight excluding hydrogens is 336 g/mol. The number of pyridine rings is 1. The van der Waals surface area contributed by atoms with E-state index in [2.05, 4.69) is 55.5 Å². The molecule has 6 nitrogen and oxygen atoms in total. The Bertz CT molecular complexity index is 932. The number of piperidine rings is 1. The second-order valence-electron chi connectivity index (χ2n) is 7.39. The number of nitrogens with one attached hydrogen (secondary N) is 1. The predicted octanol–water partition coefficient (Wildman–Crippen LogP) is 3.30. The molecule has 1 saturated heterocycles. The van der Waals surface area contributed by atoms with Gasteiger partial charge in [0.05, 0.1) is 5.39 Å². The average molecular weight is 362 g/mol. The number of fused-ring (bicyclic) bond motifs is 1. The van der Waals surface area contributed by atoms with Crippen LogP contribution in [0.2, 0.25) is 0 Å². The van der Waals surface area contributed by atoms with Crippen LogP contribution in [0.25, 0.3) is 11.0 Å². The van der Waals surface area contributed by atoms with E-state index in [9.17, 15) is 0 Å². The number of nitrogen functional groups attached to an aromatic ring is 1. The van der Waals surface area contributed by atoms with Crippen molar-refractivity contribution in [2.45, 2.75) is 39.3 Å². The number of benzene rings is 1. The Morgan fingerprint density at radius 2 is 1.81 bits per heavy atom. The number of nitrogens with zero attached hydrogens (tertiary/aromatic N) is 4. The van der Waals surface area contributed by atoms with Gasteiger partial charge in [0.2, 0.25) is 5.95 Å². The monoisotopic (exact) mass is 362 g/mol. The summed E-state index contributed by atoms with van der Waals surface area (Å²) < 4.78 is 0. The van der Waals surface area contributed by atoms with E-state index < -0.39 is 0 Å². The first-order valence-electron chi connectivity index (χ1n) is 9.53. The van der Waals surface area contributed by atoms with Crippen molar-refractivity contribution in [2.75, 3.05) is 24.1 Å². The van der Waals surface area contributed by atoms with E-state index in [0.29, 0.717) is 23.5 Å². The fourth-order valence-corrected chi connectivity index (χ4v) is 3.83. The third kappa shape index (κ3) is 4.01. The Balaban J connectivity index is 1.42. The highest BCUT2D eigenvalue weighted by Gasteiger charge is 2.20. The van der Waals surface area contributed by atoms with E-state index in [1.54, 1.807) is 0 Å². The molecule has 27 heavy (non-hydrogen) atoms. The van der Waals surface area contributed by atoms with Gasteiger partial charge in [-0.1, -0.05) is 30.3 Å². The molecule has 0 saturated carbocycles. The zero-order chi connectivity index (χ0) is 18.8. The first-order chi connectivity index (χ1) is 13.1. The molecule has 1 aromatic carbocycles. The van der Waals surface area contributed by atoms with Crippen molar-refractivity contribution >= 4 is 22.8 Å². The zero-order valence-corrected chi connectivity index (χ0v) is 15.9. The first kappa shape index (κ1) is 17.7. The minimum atomic E-state index is 0.361. The quantitative estimate of drug-likeness (QED) is 0.741. The van der Waals surface area contributed by atoms with Crippen LogP contribution in [-0.4, -0.2) is 39.0 Å². The number of rotatable bonds is 4. The molecule has 3 heterocycles. The van der Waals surface area contributed by atoms with Crippen LogP contribution in [0.3, 0.4) is 0 Å². The maximum Gasteiger partial charge on any atom is 0.226 e. The van der Waals surface area contributed by atoms with Crippen LogP contribution >= 0.6 is 0 Å². The lowest BCUT2D eigenvalue weighted by molar-refractivity contribution is 0.211. The van der Waals surface area contributed by atoms with Crippen molar-refractivity contribution in [3.8, 4) is 0 Å². The normalized spacial score (nSPS) is 15.9. The van der Waals surface area contributed by atoms with Gasteiger partial charge in [0, 0.05) is 31.4 Å². The molecule has 3 aromatic rings. The molecule has 6 heteroatoms. The molecular formula is C21H26N6. The Morgan fingerprint density at radius 3 is 2.56 bits per heavy atom. The number of likely N-dealkylation sites (tertiary alicyclic amines) is 1. The topological polar surface area (TPSA) is 80.0 Å². The second kappa shape index (κ2) is 7.48. The minimum absolute atomic E-state index is 0.361. The Kier molecular flexibility index (Phi) is 4.90. The molecule has 0 atom stereocenters. The predicted molar refractivity (Wildman–Crippen MR) is 110 cm³/mol. The summed E-state index contributed by atoms with van der Waals surface area (Å²) in [5, 5.41) is 4.32. The summed E-state index contributed by atoms with van der Waals surface area (Å²) >= 11 is 0. The number of aromatic nitrogens is 3. The average Bonchev–Trinajstić information content (AvgIpc) is 2.63. The SMILES string of the molecule is Cc1cc(C)c2c(N)nc(NC3CCN(Cc4ccccc4)CC3)nc2n1. The molecule has 0 unspecified atom stereocenters. The molecule has 2 aromatic heterocycles. The lowest BCUT2D eigenvalue weighted by Crippen LogP contribution is -2.39. The van der Waals surface area contributed by atoms with E-state index in [-0.39, 0.29) is 0 Å². The second-order valence-corrected chi connectivity index (χ2v) is 7.39. The van der Waals surface area contributed by atoms with Gasteiger partial charge >= 0.3 is 0 Å². The summed E-state index contributed by atoms with van der Waals surface area (Å²) in [5.41, 5.74) is 10.2. The molecule has 0 radical (unpaired) electrons. The summed E-state index contributed by atoms with van der Waals surface area (Å²) in [7, 11) is 0. The minimum Gasteiger partial charge on any atom is -0.383 e. The van der Waals surface area contributed by atoms with Gasteiger partial charge in [0.1, 0.15) is 5.82 Å². The highest BCUT2D eigenvalue weighted by atomic mass is 15.2. The molecule has 0 spiro atoms. The van der Waals surface area contributed by atoms with Crippen LogP contribution in [0.15, 0.2) is 36.4 Å². The van der Waals surface area contributed by atoms with E-state index in [1.165, 1.54) is 5.56 Å². The number of anilines is 2. The smallest absolute Gasteiger partial charge is 0.226 e. The van der Waals surface area contributed by atoms with Crippen LogP contribution in [0.4, 0.5) is 11.8 Å². The number of hydrogen-bond donors (Lipinski definition) is 2. The van der Waals surface area contributed by atoms with Gasteiger partial charge in [0.25, 0.3) is 0 Å². The van der Waals surface area contributed by atoms with Gasteiger partial charge in [-0.3, -0.25) is 4.90 Å². The van der Waals surface area contributed by atoms with Gasteiger partial charge in [0.15, 0.2) is 5.65 Å². The summed E-state index contributed by atoms with van der Waals surface area (Å²) in [6.07, 6.45) is 2.13. The van der Waals surface area contributed by atoms with Crippen LogP contribution < -0.4 is 11.1 Å². The fraction of sp³-hybridized carbons (Fsp3) is 0.381. The summed E-state index contributed by atoms with van der Waals surface area (Å²) in [5.74, 6) is 1.08. The molecule has 0 amide bonds. The highest BCUT2D eigenvalue weighted by molar-refractivity contribution is 5.89. The summed E-state index contributed by atoms with van der Waals surface area (Å²) in [4.78, 5) is 16.1. The van der Waals surface area contributed by atoms with Crippen LogP contribution in [-0.2, 0) is 6.54 Å². The number of hydrogen-bond acceptors (Lipinski definition) is 6.